The lowest BCUT2D eigenvalue weighted by molar-refractivity contribution is -0.0815. The number of carbonyl (C=O) groups excluding carboxylic acids is 1. The molecular weight excluding hydrogens is 218 g/mol. The van der Waals surface area contributed by atoms with Gasteiger partial charge in [0.2, 0.25) is 0 Å². The van der Waals surface area contributed by atoms with Crippen LogP contribution in [0.3, 0.4) is 0 Å². The molecule has 4 heteroatoms. The van der Waals surface area contributed by atoms with Crippen LogP contribution < -0.4 is 5.73 Å². The average Bonchev–Trinajstić information content (AvgIpc) is 2.71. The van der Waals surface area contributed by atoms with Gasteiger partial charge in [-0.05, 0) is 6.07 Å². The summed E-state index contributed by atoms with van der Waals surface area (Å²) in [4.78, 5) is 12.4. The molecule has 17 heavy (non-hydrogen) atoms. The Hall–Kier alpha value is -1.65. The Morgan fingerprint density at radius 1 is 1.35 bits per heavy atom. The highest BCUT2D eigenvalue weighted by Gasteiger charge is 2.45. The summed E-state index contributed by atoms with van der Waals surface area (Å²) in [5.41, 5.74) is 6.47. The predicted octanol–water partition coefficient (Wildman–Crippen LogP) is 1.59. The summed E-state index contributed by atoms with van der Waals surface area (Å²) in [6.07, 6.45) is 1.52. The Balaban J connectivity index is 2.07. The van der Waals surface area contributed by atoms with E-state index in [1.165, 1.54) is 6.26 Å². The van der Waals surface area contributed by atoms with E-state index in [4.69, 9.17) is 14.9 Å². The molecule has 0 unspecified atom stereocenters. The highest BCUT2D eigenvalue weighted by Crippen LogP contribution is 2.33. The quantitative estimate of drug-likeness (QED) is 0.815. The summed E-state index contributed by atoms with van der Waals surface area (Å²) < 4.78 is 10.5. The summed E-state index contributed by atoms with van der Waals surface area (Å²) in [7, 11) is 0. The molecule has 0 radical (unpaired) electrons. The van der Waals surface area contributed by atoms with Gasteiger partial charge in [0.1, 0.15) is 11.8 Å². The van der Waals surface area contributed by atoms with E-state index < -0.39 is 5.41 Å². The number of hydrogen-bond acceptors (Lipinski definition) is 4. The maximum absolute atomic E-state index is 12.4. The highest BCUT2D eigenvalue weighted by atomic mass is 16.5. The zero-order valence-electron chi connectivity index (χ0n) is 9.31. The van der Waals surface area contributed by atoms with Crippen molar-refractivity contribution in [3.63, 3.8) is 0 Å². The van der Waals surface area contributed by atoms with Crippen LogP contribution in [0, 0.1) is 5.41 Å². The molecule has 1 aromatic carbocycles. The van der Waals surface area contributed by atoms with E-state index in [-0.39, 0.29) is 5.78 Å². The first kappa shape index (κ1) is 10.5. The van der Waals surface area contributed by atoms with Gasteiger partial charge in [-0.15, -0.1) is 0 Å². The molecule has 1 aliphatic heterocycles. The molecule has 0 spiro atoms. The number of benzene rings is 1. The number of carbonyl (C=O) groups is 1. The van der Waals surface area contributed by atoms with E-state index in [9.17, 15) is 4.79 Å². The molecule has 4 nitrogen and oxygen atoms in total. The van der Waals surface area contributed by atoms with Crippen LogP contribution in [0.5, 0.6) is 0 Å². The maximum Gasteiger partial charge on any atom is 0.178 e. The number of nitrogens with two attached hydrogens (primary N) is 1. The first-order valence-electron chi connectivity index (χ1n) is 5.56. The van der Waals surface area contributed by atoms with Crippen molar-refractivity contribution in [3.8, 4) is 0 Å². The molecule has 3 rings (SSSR count). The van der Waals surface area contributed by atoms with Gasteiger partial charge in [0.15, 0.2) is 5.78 Å². The van der Waals surface area contributed by atoms with E-state index in [0.717, 1.165) is 11.0 Å². The van der Waals surface area contributed by atoms with Crippen LogP contribution in [0.1, 0.15) is 10.4 Å². The van der Waals surface area contributed by atoms with Crippen molar-refractivity contribution in [1.82, 2.24) is 0 Å². The highest BCUT2D eigenvalue weighted by molar-refractivity contribution is 6.10. The fourth-order valence-electron chi connectivity index (χ4n) is 2.13. The van der Waals surface area contributed by atoms with Crippen molar-refractivity contribution < 1.29 is 13.9 Å². The number of ether oxygens (including phenoxy) is 1. The smallest absolute Gasteiger partial charge is 0.178 e. The minimum Gasteiger partial charge on any atom is -0.464 e. The molecule has 1 fully saturated rings. The standard InChI is InChI=1S/C13H13NO3/c14-6-13(7-16-8-13)12(15)10-5-17-11-4-2-1-3-9(10)11/h1-5H,6-8,14H2. The van der Waals surface area contributed by atoms with E-state index in [2.05, 4.69) is 0 Å². The van der Waals surface area contributed by atoms with E-state index in [0.29, 0.717) is 25.3 Å². The normalized spacial score (nSPS) is 17.9. The molecule has 88 valence electrons. The summed E-state index contributed by atoms with van der Waals surface area (Å²) in [6.45, 7) is 1.12. The second kappa shape index (κ2) is 3.68. The third-order valence-corrected chi connectivity index (χ3v) is 3.35. The first-order valence-corrected chi connectivity index (χ1v) is 5.56. The minimum atomic E-state index is -0.549. The lowest BCUT2D eigenvalue weighted by atomic mass is 9.78. The molecule has 0 bridgehead atoms. The summed E-state index contributed by atoms with van der Waals surface area (Å²) in [6, 6.07) is 7.50. The first-order chi connectivity index (χ1) is 8.27. The molecule has 2 aromatic rings. The van der Waals surface area contributed by atoms with Crippen LogP contribution in [0.2, 0.25) is 0 Å². The van der Waals surface area contributed by atoms with Gasteiger partial charge in [-0.1, -0.05) is 18.2 Å². The van der Waals surface area contributed by atoms with Gasteiger partial charge in [-0.3, -0.25) is 4.79 Å². The largest absolute Gasteiger partial charge is 0.464 e. The Labute approximate surface area is 98.3 Å². The molecule has 1 aromatic heterocycles. The average molecular weight is 231 g/mol. The second-order valence-corrected chi connectivity index (χ2v) is 4.45. The van der Waals surface area contributed by atoms with Crippen molar-refractivity contribution in [2.45, 2.75) is 0 Å². The Morgan fingerprint density at radius 2 is 2.12 bits per heavy atom. The molecule has 0 saturated carbocycles. The van der Waals surface area contributed by atoms with Gasteiger partial charge in [0, 0.05) is 11.9 Å². The molecule has 1 saturated heterocycles. The lowest BCUT2D eigenvalue weighted by Gasteiger charge is -2.38. The van der Waals surface area contributed by atoms with Gasteiger partial charge in [-0.25, -0.2) is 0 Å². The van der Waals surface area contributed by atoms with Crippen LogP contribution in [-0.4, -0.2) is 25.5 Å². The number of para-hydroxylation sites is 1. The fraction of sp³-hybridized carbons (Fsp3) is 0.308. The van der Waals surface area contributed by atoms with E-state index >= 15 is 0 Å². The Bertz CT molecular complexity index is 563. The van der Waals surface area contributed by atoms with Gasteiger partial charge in [0.05, 0.1) is 24.2 Å². The number of furan rings is 1. The molecule has 0 aliphatic carbocycles. The van der Waals surface area contributed by atoms with Crippen molar-refractivity contribution >= 4 is 16.8 Å². The van der Waals surface area contributed by atoms with Crippen molar-refractivity contribution in [2.75, 3.05) is 19.8 Å². The minimum absolute atomic E-state index is 0.0243. The summed E-state index contributed by atoms with van der Waals surface area (Å²) in [5, 5.41) is 0.845. The topological polar surface area (TPSA) is 65.5 Å². The van der Waals surface area contributed by atoms with Crippen LogP contribution in [0.25, 0.3) is 11.0 Å². The van der Waals surface area contributed by atoms with Crippen LogP contribution >= 0.6 is 0 Å². The third-order valence-electron chi connectivity index (χ3n) is 3.35. The number of hydrogen-bond donors (Lipinski definition) is 1. The molecule has 0 atom stereocenters. The van der Waals surface area contributed by atoms with Gasteiger partial charge >= 0.3 is 0 Å². The Kier molecular flexibility index (Phi) is 2.28. The van der Waals surface area contributed by atoms with Gasteiger partial charge in [0.25, 0.3) is 0 Å². The number of Topliss-reactive ketones (excluding diaryl/α,β-unsaturated/α-hetero) is 1. The van der Waals surface area contributed by atoms with Crippen molar-refractivity contribution in [3.05, 3.63) is 36.1 Å². The summed E-state index contributed by atoms with van der Waals surface area (Å²) in [5.74, 6) is 0.0243. The zero-order valence-corrected chi connectivity index (χ0v) is 9.31. The number of fused-ring (bicyclic) bond motifs is 1. The molecule has 1 aliphatic rings. The predicted molar refractivity (Wildman–Crippen MR) is 62.9 cm³/mol. The van der Waals surface area contributed by atoms with Crippen molar-refractivity contribution in [2.24, 2.45) is 11.1 Å². The molecular formula is C13H13NO3. The van der Waals surface area contributed by atoms with Crippen LogP contribution in [0.4, 0.5) is 0 Å². The van der Waals surface area contributed by atoms with Gasteiger partial charge in [-0.2, -0.15) is 0 Å². The fourth-order valence-corrected chi connectivity index (χ4v) is 2.13. The number of rotatable bonds is 3. The lowest BCUT2D eigenvalue weighted by Crippen LogP contribution is -2.54. The monoisotopic (exact) mass is 231 g/mol. The van der Waals surface area contributed by atoms with E-state index in [1.807, 2.05) is 24.3 Å². The second-order valence-electron chi connectivity index (χ2n) is 4.45. The SMILES string of the molecule is NCC1(C(=O)c2coc3ccccc23)COC1. The van der Waals surface area contributed by atoms with Gasteiger partial charge < -0.3 is 14.9 Å². The molecule has 2 heterocycles. The molecule has 0 amide bonds. The third kappa shape index (κ3) is 1.41. The van der Waals surface area contributed by atoms with Crippen LogP contribution in [-0.2, 0) is 4.74 Å². The van der Waals surface area contributed by atoms with Crippen LogP contribution in [0.15, 0.2) is 34.9 Å². The maximum atomic E-state index is 12.4. The van der Waals surface area contributed by atoms with E-state index in [1.54, 1.807) is 0 Å². The molecule has 2 N–H and O–H groups in total. The van der Waals surface area contributed by atoms with Crippen molar-refractivity contribution in [1.29, 1.82) is 0 Å². The summed E-state index contributed by atoms with van der Waals surface area (Å²) >= 11 is 0. The Morgan fingerprint density at radius 3 is 2.76 bits per heavy atom. The number of ketones is 1. The zero-order chi connectivity index (χ0) is 11.9.